The highest BCUT2D eigenvalue weighted by Gasteiger charge is 2.15. The Labute approximate surface area is 127 Å². The maximum Gasteiger partial charge on any atom is 0.242 e. The van der Waals surface area contributed by atoms with Crippen molar-refractivity contribution >= 4 is 27.4 Å². The van der Waals surface area contributed by atoms with Gasteiger partial charge in [0.1, 0.15) is 16.5 Å². The average Bonchev–Trinajstić information content (AvgIpc) is 2.41. The molecule has 1 heterocycles. The number of pyridine rings is 1. The molecule has 1 aromatic carbocycles. The Morgan fingerprint density at radius 3 is 2.76 bits per heavy atom. The third-order valence-electron chi connectivity index (χ3n) is 2.75. The maximum atomic E-state index is 13.0. The van der Waals surface area contributed by atoms with E-state index in [-0.39, 0.29) is 28.1 Å². The predicted octanol–water partition coefficient (Wildman–Crippen LogP) is 1.98. The van der Waals surface area contributed by atoms with Crippen molar-refractivity contribution in [2.75, 3.05) is 12.3 Å². The standard InChI is InChI=1S/C13H13ClFN3O2S/c14-12-7-11(8-17-13(12)16)21(19,20)18-5-4-9-2-1-3-10(15)6-9/h1-3,6-8,18H,4-5H2,(H2,16,17). The maximum absolute atomic E-state index is 13.0. The van der Waals surface area contributed by atoms with Gasteiger partial charge in [0.15, 0.2) is 0 Å². The summed E-state index contributed by atoms with van der Waals surface area (Å²) in [6, 6.07) is 7.21. The van der Waals surface area contributed by atoms with Gasteiger partial charge in [-0.2, -0.15) is 0 Å². The van der Waals surface area contributed by atoms with Crippen LogP contribution in [0.3, 0.4) is 0 Å². The number of nitrogen functional groups attached to an aromatic ring is 1. The average molecular weight is 330 g/mol. The molecule has 0 atom stereocenters. The molecule has 3 N–H and O–H groups in total. The van der Waals surface area contributed by atoms with Crippen molar-refractivity contribution in [3.8, 4) is 0 Å². The van der Waals surface area contributed by atoms with Crippen LogP contribution in [0.15, 0.2) is 41.4 Å². The SMILES string of the molecule is Nc1ncc(S(=O)(=O)NCCc2cccc(F)c2)cc1Cl. The van der Waals surface area contributed by atoms with Crippen LogP contribution in [0.5, 0.6) is 0 Å². The molecule has 1 aromatic heterocycles. The molecule has 0 spiro atoms. The second-order valence-corrected chi connectivity index (χ2v) is 6.49. The van der Waals surface area contributed by atoms with Gasteiger partial charge in [0.25, 0.3) is 0 Å². The van der Waals surface area contributed by atoms with Crippen LogP contribution in [0.1, 0.15) is 5.56 Å². The molecule has 112 valence electrons. The molecule has 0 fully saturated rings. The van der Waals surface area contributed by atoms with Crippen LogP contribution in [0.4, 0.5) is 10.2 Å². The number of rotatable bonds is 5. The fourth-order valence-electron chi connectivity index (χ4n) is 1.68. The molecule has 8 heteroatoms. The second kappa shape index (κ2) is 6.38. The Kier molecular flexibility index (Phi) is 4.76. The van der Waals surface area contributed by atoms with Crippen molar-refractivity contribution in [1.29, 1.82) is 0 Å². The van der Waals surface area contributed by atoms with Gasteiger partial charge in [-0.15, -0.1) is 0 Å². The summed E-state index contributed by atoms with van der Waals surface area (Å²) in [6.45, 7) is 0.133. The van der Waals surface area contributed by atoms with Crippen LogP contribution in [0, 0.1) is 5.82 Å². The first-order valence-corrected chi connectivity index (χ1v) is 7.90. The van der Waals surface area contributed by atoms with E-state index >= 15 is 0 Å². The van der Waals surface area contributed by atoms with Crippen LogP contribution in [0.2, 0.25) is 5.02 Å². The zero-order valence-corrected chi connectivity index (χ0v) is 12.5. The zero-order valence-electron chi connectivity index (χ0n) is 10.9. The molecule has 0 aliphatic rings. The fourth-order valence-corrected chi connectivity index (χ4v) is 2.92. The summed E-state index contributed by atoms with van der Waals surface area (Å²) in [6.07, 6.45) is 1.50. The number of anilines is 1. The number of aromatic nitrogens is 1. The minimum Gasteiger partial charge on any atom is -0.382 e. The Bertz CT molecular complexity index is 753. The molecule has 0 radical (unpaired) electrons. The lowest BCUT2D eigenvalue weighted by Crippen LogP contribution is -2.26. The van der Waals surface area contributed by atoms with Gasteiger partial charge >= 0.3 is 0 Å². The van der Waals surface area contributed by atoms with E-state index in [0.717, 1.165) is 6.20 Å². The van der Waals surface area contributed by atoms with Gasteiger partial charge in [0.05, 0.1) is 5.02 Å². The van der Waals surface area contributed by atoms with Gasteiger partial charge in [-0.05, 0) is 30.2 Å². The van der Waals surface area contributed by atoms with E-state index < -0.39 is 10.0 Å². The zero-order chi connectivity index (χ0) is 15.5. The topological polar surface area (TPSA) is 85.1 Å². The van der Waals surface area contributed by atoms with Gasteiger partial charge in [-0.25, -0.2) is 22.5 Å². The lowest BCUT2D eigenvalue weighted by Gasteiger charge is -2.07. The lowest BCUT2D eigenvalue weighted by atomic mass is 10.1. The summed E-state index contributed by atoms with van der Waals surface area (Å²) in [5.41, 5.74) is 6.13. The molecular formula is C13H13ClFN3O2S. The molecule has 0 saturated heterocycles. The molecule has 0 aliphatic carbocycles. The van der Waals surface area contributed by atoms with Crippen LogP contribution >= 0.6 is 11.6 Å². The monoisotopic (exact) mass is 329 g/mol. The quantitative estimate of drug-likeness (QED) is 0.878. The number of benzene rings is 1. The van der Waals surface area contributed by atoms with Gasteiger partial charge in [-0.3, -0.25) is 0 Å². The van der Waals surface area contributed by atoms with Gasteiger partial charge < -0.3 is 5.73 Å². The third kappa shape index (κ3) is 4.13. The van der Waals surface area contributed by atoms with Crippen molar-refractivity contribution in [1.82, 2.24) is 9.71 Å². The fraction of sp³-hybridized carbons (Fsp3) is 0.154. The minimum atomic E-state index is -3.73. The van der Waals surface area contributed by atoms with E-state index in [9.17, 15) is 12.8 Å². The molecule has 21 heavy (non-hydrogen) atoms. The number of nitrogens with one attached hydrogen (secondary N) is 1. The van der Waals surface area contributed by atoms with E-state index in [2.05, 4.69) is 9.71 Å². The first-order chi connectivity index (χ1) is 9.88. The molecule has 0 saturated carbocycles. The molecular weight excluding hydrogens is 317 g/mol. The van der Waals surface area contributed by atoms with Crippen LogP contribution in [0.25, 0.3) is 0 Å². The highest BCUT2D eigenvalue weighted by molar-refractivity contribution is 7.89. The number of nitrogens with two attached hydrogens (primary N) is 1. The normalized spacial score (nSPS) is 11.5. The number of hydrogen-bond acceptors (Lipinski definition) is 4. The number of halogens is 2. The third-order valence-corrected chi connectivity index (χ3v) is 4.48. The van der Waals surface area contributed by atoms with Crippen molar-refractivity contribution in [3.63, 3.8) is 0 Å². The molecule has 5 nitrogen and oxygen atoms in total. The van der Waals surface area contributed by atoms with Crippen molar-refractivity contribution in [3.05, 3.63) is 52.9 Å². The summed E-state index contributed by atoms with van der Waals surface area (Å²) in [4.78, 5) is 3.63. The van der Waals surface area contributed by atoms with Crippen molar-refractivity contribution in [2.24, 2.45) is 0 Å². The molecule has 0 amide bonds. The van der Waals surface area contributed by atoms with E-state index in [0.29, 0.717) is 12.0 Å². The second-order valence-electron chi connectivity index (χ2n) is 4.32. The molecule has 0 bridgehead atoms. The van der Waals surface area contributed by atoms with E-state index in [1.165, 1.54) is 18.2 Å². The molecule has 2 aromatic rings. The largest absolute Gasteiger partial charge is 0.382 e. The van der Waals surface area contributed by atoms with Crippen LogP contribution in [-0.2, 0) is 16.4 Å². The Morgan fingerprint density at radius 2 is 2.10 bits per heavy atom. The number of sulfonamides is 1. The number of hydrogen-bond donors (Lipinski definition) is 2. The summed E-state index contributed by atoms with van der Waals surface area (Å²) < 4.78 is 39.5. The van der Waals surface area contributed by atoms with Gasteiger partial charge in [0, 0.05) is 12.7 Å². The highest BCUT2D eigenvalue weighted by atomic mass is 35.5. The van der Waals surface area contributed by atoms with Crippen molar-refractivity contribution in [2.45, 2.75) is 11.3 Å². The summed E-state index contributed by atoms with van der Waals surface area (Å²) in [5.74, 6) is -0.291. The van der Waals surface area contributed by atoms with E-state index in [1.807, 2.05) is 0 Å². The summed E-state index contributed by atoms with van der Waals surface area (Å²) >= 11 is 5.75. The Morgan fingerprint density at radius 1 is 1.33 bits per heavy atom. The lowest BCUT2D eigenvalue weighted by molar-refractivity contribution is 0.581. The van der Waals surface area contributed by atoms with Crippen LogP contribution < -0.4 is 10.5 Å². The molecule has 0 aliphatic heterocycles. The molecule has 0 unspecified atom stereocenters. The summed E-state index contributed by atoms with van der Waals surface area (Å²) in [5, 5.41) is 0.0722. The van der Waals surface area contributed by atoms with E-state index in [1.54, 1.807) is 12.1 Å². The van der Waals surface area contributed by atoms with Crippen LogP contribution in [-0.4, -0.2) is 19.9 Å². The smallest absolute Gasteiger partial charge is 0.242 e. The van der Waals surface area contributed by atoms with Gasteiger partial charge in [0.2, 0.25) is 10.0 Å². The number of nitrogens with zero attached hydrogens (tertiary/aromatic N) is 1. The first kappa shape index (κ1) is 15.7. The molecule has 2 rings (SSSR count). The Hall–Kier alpha value is -1.70. The van der Waals surface area contributed by atoms with E-state index in [4.69, 9.17) is 17.3 Å². The van der Waals surface area contributed by atoms with Crippen molar-refractivity contribution < 1.29 is 12.8 Å². The summed E-state index contributed by atoms with van der Waals surface area (Å²) in [7, 11) is -3.73. The minimum absolute atomic E-state index is 0.0652. The highest BCUT2D eigenvalue weighted by Crippen LogP contribution is 2.19. The predicted molar refractivity (Wildman–Crippen MR) is 79.0 cm³/mol. The Balaban J connectivity index is 2.03. The first-order valence-electron chi connectivity index (χ1n) is 6.03. The van der Waals surface area contributed by atoms with Gasteiger partial charge in [-0.1, -0.05) is 23.7 Å².